The van der Waals surface area contributed by atoms with Crippen LogP contribution in [0, 0.1) is 0 Å². The molecule has 2 unspecified atom stereocenters. The lowest BCUT2D eigenvalue weighted by molar-refractivity contribution is -0.0382. The molecule has 0 aromatic heterocycles. The third-order valence-corrected chi connectivity index (χ3v) is 6.87. The molecule has 2 heterocycles. The summed E-state index contributed by atoms with van der Waals surface area (Å²) in [4.78, 5) is 26.4. The SMILES string of the molecule is CCNC(=O)N1CCCC2(COC(=O)N2)C1CO[C@H]1CC[C@@H](c2ccccc2)CC1. The highest BCUT2D eigenvalue weighted by atomic mass is 16.6. The van der Waals surface area contributed by atoms with Crippen molar-refractivity contribution in [3.8, 4) is 0 Å². The predicted octanol–water partition coefficient (Wildman–Crippen LogP) is 3.40. The Hall–Kier alpha value is -2.28. The number of benzene rings is 1. The number of alkyl carbamates (subject to hydrolysis) is 1. The van der Waals surface area contributed by atoms with E-state index in [1.54, 1.807) is 0 Å². The van der Waals surface area contributed by atoms with Crippen LogP contribution < -0.4 is 10.6 Å². The van der Waals surface area contributed by atoms with Crippen LogP contribution in [-0.2, 0) is 9.47 Å². The number of rotatable bonds is 5. The molecular formula is C23H33N3O4. The van der Waals surface area contributed by atoms with Crippen LogP contribution in [0.5, 0.6) is 0 Å². The summed E-state index contributed by atoms with van der Waals surface area (Å²) in [7, 11) is 0. The maximum Gasteiger partial charge on any atom is 0.407 e. The van der Waals surface area contributed by atoms with Gasteiger partial charge in [0, 0.05) is 13.1 Å². The molecule has 30 heavy (non-hydrogen) atoms. The number of nitrogens with one attached hydrogen (secondary N) is 2. The molecule has 1 aromatic rings. The maximum atomic E-state index is 12.7. The van der Waals surface area contributed by atoms with Gasteiger partial charge in [-0.2, -0.15) is 0 Å². The number of likely N-dealkylation sites (tertiary alicyclic amines) is 1. The minimum Gasteiger partial charge on any atom is -0.447 e. The number of hydrogen-bond acceptors (Lipinski definition) is 4. The van der Waals surface area contributed by atoms with E-state index in [0.717, 1.165) is 38.5 Å². The number of carbonyl (C=O) groups excluding carboxylic acids is 2. The molecule has 2 N–H and O–H groups in total. The van der Waals surface area contributed by atoms with Gasteiger partial charge in [0.1, 0.15) is 12.1 Å². The Balaban J connectivity index is 1.39. The molecule has 2 atom stereocenters. The van der Waals surface area contributed by atoms with Crippen LogP contribution in [0.1, 0.15) is 56.9 Å². The molecule has 2 aliphatic heterocycles. The summed E-state index contributed by atoms with van der Waals surface area (Å²) in [5, 5.41) is 5.90. The molecule has 0 bridgehead atoms. The molecule has 164 valence electrons. The van der Waals surface area contributed by atoms with Crippen molar-refractivity contribution in [3.63, 3.8) is 0 Å². The Labute approximate surface area is 178 Å². The van der Waals surface area contributed by atoms with Gasteiger partial charge >= 0.3 is 12.1 Å². The van der Waals surface area contributed by atoms with Crippen LogP contribution in [0.3, 0.4) is 0 Å². The van der Waals surface area contributed by atoms with E-state index >= 15 is 0 Å². The van der Waals surface area contributed by atoms with E-state index in [0.29, 0.717) is 25.6 Å². The lowest BCUT2D eigenvalue weighted by Gasteiger charge is -2.46. The van der Waals surface area contributed by atoms with Gasteiger partial charge in [-0.1, -0.05) is 30.3 Å². The first kappa shape index (κ1) is 21.0. The number of amides is 3. The summed E-state index contributed by atoms with van der Waals surface area (Å²) in [5.41, 5.74) is 0.859. The molecule has 2 saturated heterocycles. The zero-order valence-corrected chi connectivity index (χ0v) is 17.8. The molecule has 7 heteroatoms. The van der Waals surface area contributed by atoms with E-state index < -0.39 is 11.6 Å². The first-order chi connectivity index (χ1) is 14.6. The minimum absolute atomic E-state index is 0.0980. The number of urea groups is 1. The number of nitrogens with zero attached hydrogens (tertiary/aromatic N) is 1. The lowest BCUT2D eigenvalue weighted by Crippen LogP contribution is -2.67. The van der Waals surface area contributed by atoms with Gasteiger partial charge in [0.2, 0.25) is 0 Å². The second kappa shape index (κ2) is 9.25. The summed E-state index contributed by atoms with van der Waals surface area (Å²) in [6, 6.07) is 10.4. The zero-order valence-electron chi connectivity index (χ0n) is 17.8. The standard InChI is InChI=1S/C23H33N3O4/c1-2-24-21(27)26-14-6-13-23(16-30-22(28)25-23)20(26)15-29-19-11-9-18(10-12-19)17-7-4-3-5-8-17/h3-5,7-8,18-20H,2,6,9-16H2,1H3,(H,24,27)(H,25,28)/t18-,19+,20?,23?. The van der Waals surface area contributed by atoms with E-state index in [9.17, 15) is 9.59 Å². The molecule has 0 radical (unpaired) electrons. The van der Waals surface area contributed by atoms with Crippen LogP contribution in [0.2, 0.25) is 0 Å². The van der Waals surface area contributed by atoms with Crippen molar-refractivity contribution in [2.45, 2.75) is 69.1 Å². The number of hydrogen-bond donors (Lipinski definition) is 2. The molecule has 3 aliphatic rings. The second-order valence-corrected chi connectivity index (χ2v) is 8.72. The van der Waals surface area contributed by atoms with Gasteiger partial charge in [-0.3, -0.25) is 0 Å². The van der Waals surface area contributed by atoms with Crippen LogP contribution in [0.25, 0.3) is 0 Å². The smallest absolute Gasteiger partial charge is 0.407 e. The first-order valence-electron chi connectivity index (χ1n) is 11.3. The van der Waals surface area contributed by atoms with Crippen LogP contribution in [-0.4, -0.2) is 61.0 Å². The predicted molar refractivity (Wildman–Crippen MR) is 113 cm³/mol. The summed E-state index contributed by atoms with van der Waals surface area (Å²) in [6.45, 7) is 3.85. The Morgan fingerprint density at radius 1 is 1.27 bits per heavy atom. The first-order valence-corrected chi connectivity index (χ1v) is 11.3. The van der Waals surface area contributed by atoms with E-state index in [1.165, 1.54) is 5.56 Å². The van der Waals surface area contributed by atoms with Gasteiger partial charge in [0.25, 0.3) is 0 Å². The molecule has 1 aromatic carbocycles. The highest BCUT2D eigenvalue weighted by molar-refractivity contribution is 5.76. The zero-order chi connectivity index (χ0) is 21.0. The molecular weight excluding hydrogens is 382 g/mol. The van der Waals surface area contributed by atoms with Crippen molar-refractivity contribution in [2.75, 3.05) is 26.3 Å². The Morgan fingerprint density at radius 2 is 2.03 bits per heavy atom. The third-order valence-electron chi connectivity index (χ3n) is 6.87. The highest BCUT2D eigenvalue weighted by Crippen LogP contribution is 2.36. The monoisotopic (exact) mass is 415 g/mol. The molecule has 1 saturated carbocycles. The summed E-state index contributed by atoms with van der Waals surface area (Å²) in [6.07, 6.45) is 5.68. The van der Waals surface area contributed by atoms with Crippen molar-refractivity contribution >= 4 is 12.1 Å². The Bertz CT molecular complexity index is 735. The molecule has 7 nitrogen and oxygen atoms in total. The average Bonchev–Trinajstić information content (AvgIpc) is 3.14. The van der Waals surface area contributed by atoms with Crippen molar-refractivity contribution < 1.29 is 19.1 Å². The van der Waals surface area contributed by atoms with Crippen LogP contribution in [0.15, 0.2) is 30.3 Å². The largest absolute Gasteiger partial charge is 0.447 e. The number of piperidine rings is 1. The van der Waals surface area contributed by atoms with Gasteiger partial charge in [0.05, 0.1) is 18.8 Å². The number of cyclic esters (lactones) is 1. The van der Waals surface area contributed by atoms with Crippen molar-refractivity contribution in [1.29, 1.82) is 0 Å². The fourth-order valence-corrected chi connectivity index (χ4v) is 5.23. The van der Waals surface area contributed by atoms with E-state index in [2.05, 4.69) is 41.0 Å². The lowest BCUT2D eigenvalue weighted by atomic mass is 9.81. The summed E-state index contributed by atoms with van der Waals surface area (Å²) >= 11 is 0. The molecule has 1 aliphatic carbocycles. The van der Waals surface area contributed by atoms with E-state index in [-0.39, 0.29) is 24.8 Å². The van der Waals surface area contributed by atoms with E-state index in [4.69, 9.17) is 9.47 Å². The molecule has 3 fully saturated rings. The molecule has 3 amide bonds. The topological polar surface area (TPSA) is 79.9 Å². The van der Waals surface area contributed by atoms with Gasteiger partial charge in [-0.05, 0) is 56.9 Å². The summed E-state index contributed by atoms with van der Waals surface area (Å²) < 4.78 is 11.6. The fourth-order valence-electron chi connectivity index (χ4n) is 5.23. The van der Waals surface area contributed by atoms with Crippen LogP contribution in [0.4, 0.5) is 9.59 Å². The van der Waals surface area contributed by atoms with Crippen LogP contribution >= 0.6 is 0 Å². The number of ether oxygens (including phenoxy) is 2. The van der Waals surface area contributed by atoms with E-state index in [1.807, 2.05) is 11.8 Å². The highest BCUT2D eigenvalue weighted by Gasteiger charge is 2.52. The fraction of sp³-hybridized carbons (Fsp3) is 0.652. The molecule has 4 rings (SSSR count). The Kier molecular flexibility index (Phi) is 6.46. The quantitative estimate of drug-likeness (QED) is 0.772. The van der Waals surface area contributed by atoms with Crippen molar-refractivity contribution in [1.82, 2.24) is 15.5 Å². The molecule has 1 spiro atoms. The van der Waals surface area contributed by atoms with Gasteiger partial charge in [-0.25, -0.2) is 9.59 Å². The van der Waals surface area contributed by atoms with Gasteiger partial charge < -0.3 is 25.0 Å². The van der Waals surface area contributed by atoms with Gasteiger partial charge in [0.15, 0.2) is 0 Å². The van der Waals surface area contributed by atoms with Gasteiger partial charge in [-0.15, -0.1) is 0 Å². The van der Waals surface area contributed by atoms with Crippen molar-refractivity contribution in [2.24, 2.45) is 0 Å². The minimum atomic E-state index is -0.554. The summed E-state index contributed by atoms with van der Waals surface area (Å²) in [5.74, 6) is 0.599. The average molecular weight is 416 g/mol. The number of carbonyl (C=O) groups is 2. The second-order valence-electron chi connectivity index (χ2n) is 8.72. The maximum absolute atomic E-state index is 12.7. The third kappa shape index (κ3) is 4.41. The normalized spacial score (nSPS) is 31.3. The Morgan fingerprint density at radius 3 is 2.70 bits per heavy atom. The van der Waals surface area contributed by atoms with Crippen molar-refractivity contribution in [3.05, 3.63) is 35.9 Å².